The number of nitro benzene ring substituents is 1. The molecule has 0 spiro atoms. The average Bonchev–Trinajstić information content (AvgIpc) is 3.04. The van der Waals surface area contributed by atoms with Crippen molar-refractivity contribution in [1.82, 2.24) is 5.01 Å². The van der Waals surface area contributed by atoms with E-state index in [4.69, 9.17) is 0 Å². The zero-order chi connectivity index (χ0) is 19.6. The summed E-state index contributed by atoms with van der Waals surface area (Å²) >= 11 is 0. The van der Waals surface area contributed by atoms with Gasteiger partial charge < -0.3 is 0 Å². The number of non-ortho nitro benzene ring substituents is 1. The zero-order valence-corrected chi connectivity index (χ0v) is 13.6. The lowest BCUT2D eigenvalue weighted by Crippen LogP contribution is -2.39. The number of halogens is 3. The van der Waals surface area contributed by atoms with Crippen molar-refractivity contribution in [3.05, 3.63) is 69.8 Å². The fraction of sp³-hybridized carbons (Fsp3) is 0.188. The first kappa shape index (κ1) is 18.3. The third-order valence-electron chi connectivity index (χ3n) is 3.86. The first-order valence-corrected chi connectivity index (χ1v) is 7.63. The second-order valence-electron chi connectivity index (χ2n) is 5.64. The summed E-state index contributed by atoms with van der Waals surface area (Å²) in [4.78, 5) is 21.6. The molecule has 140 valence electrons. The number of anilines is 1. The Bertz CT molecular complexity index is 886. The predicted molar refractivity (Wildman–Crippen MR) is 87.3 cm³/mol. The summed E-state index contributed by atoms with van der Waals surface area (Å²) in [5, 5.41) is 20.6. The van der Waals surface area contributed by atoms with Crippen LogP contribution in [-0.2, 0) is 17.5 Å². The third-order valence-corrected chi connectivity index (χ3v) is 3.86. The third kappa shape index (κ3) is 3.86. The van der Waals surface area contributed by atoms with Gasteiger partial charge in [0.05, 0.1) is 22.7 Å². The summed E-state index contributed by atoms with van der Waals surface area (Å²) in [5.74, 6) is 0. The molecule has 2 aromatic carbocycles. The molecule has 1 heterocycles. The van der Waals surface area contributed by atoms with Crippen LogP contribution in [0, 0.1) is 10.1 Å². The van der Waals surface area contributed by atoms with E-state index < -0.39 is 22.8 Å². The molecular formula is C16H12F3N5O3. The number of alkyl halides is 3. The number of hydrogen-bond donors (Lipinski definition) is 0. The van der Waals surface area contributed by atoms with Gasteiger partial charge in [-0.3, -0.25) is 14.9 Å². The van der Waals surface area contributed by atoms with Crippen molar-refractivity contribution in [2.75, 3.05) is 5.01 Å². The van der Waals surface area contributed by atoms with Gasteiger partial charge >= 0.3 is 6.18 Å². The monoisotopic (exact) mass is 379 g/mol. The van der Waals surface area contributed by atoms with Gasteiger partial charge in [-0.15, -0.1) is 0 Å². The van der Waals surface area contributed by atoms with Crippen LogP contribution in [0.4, 0.5) is 24.5 Å². The highest BCUT2D eigenvalue weighted by Gasteiger charge is 2.34. The van der Waals surface area contributed by atoms with Crippen LogP contribution < -0.4 is 5.01 Å². The Balaban J connectivity index is 1.79. The summed E-state index contributed by atoms with van der Waals surface area (Å²) in [6.07, 6.45) is -5.06. The average molecular weight is 379 g/mol. The molecule has 0 saturated carbocycles. The van der Waals surface area contributed by atoms with Gasteiger partial charge in [-0.1, -0.05) is 23.4 Å². The number of carbonyl (C=O) groups excluding carboxylic acids is 1. The number of nitrogens with zero attached hydrogens (tertiary/aromatic N) is 5. The van der Waals surface area contributed by atoms with Crippen molar-refractivity contribution < 1.29 is 22.9 Å². The lowest BCUT2D eigenvalue weighted by Gasteiger charge is -2.24. The Kier molecular flexibility index (Phi) is 4.75. The summed E-state index contributed by atoms with van der Waals surface area (Å²) in [5.41, 5.74) is -0.262. The van der Waals surface area contributed by atoms with Gasteiger partial charge in [-0.2, -0.15) is 13.2 Å². The SMILES string of the molecule is O=CC1N(Cc2ccc([N+](=O)[O-])cc2)N=NN1c1cccc(C(F)(F)F)c1. The minimum absolute atomic E-state index is 0.0666. The quantitative estimate of drug-likeness (QED) is 0.448. The maximum absolute atomic E-state index is 12.9. The maximum Gasteiger partial charge on any atom is 0.416 e. The molecule has 11 heteroatoms. The molecule has 1 aliphatic rings. The van der Waals surface area contributed by atoms with Crippen LogP contribution in [0.15, 0.2) is 59.0 Å². The van der Waals surface area contributed by atoms with Crippen molar-refractivity contribution in [2.45, 2.75) is 18.9 Å². The van der Waals surface area contributed by atoms with Crippen LogP contribution in [-0.4, -0.2) is 22.4 Å². The summed E-state index contributed by atoms with van der Waals surface area (Å²) in [6.45, 7) is 0.0976. The highest BCUT2D eigenvalue weighted by molar-refractivity contribution is 5.66. The van der Waals surface area contributed by atoms with E-state index in [9.17, 15) is 28.1 Å². The number of carbonyl (C=O) groups is 1. The van der Waals surface area contributed by atoms with E-state index in [0.29, 0.717) is 11.8 Å². The van der Waals surface area contributed by atoms with Crippen molar-refractivity contribution >= 4 is 17.7 Å². The number of hydrogen-bond acceptors (Lipinski definition) is 7. The van der Waals surface area contributed by atoms with Gasteiger partial charge in [-0.25, -0.2) is 10.0 Å². The Labute approximate surface area is 150 Å². The van der Waals surface area contributed by atoms with Crippen LogP contribution in [0.3, 0.4) is 0 Å². The van der Waals surface area contributed by atoms with E-state index in [1.165, 1.54) is 41.4 Å². The van der Waals surface area contributed by atoms with Crippen molar-refractivity contribution in [3.63, 3.8) is 0 Å². The second kappa shape index (κ2) is 7.02. The molecule has 27 heavy (non-hydrogen) atoms. The molecule has 3 rings (SSSR count). The molecular weight excluding hydrogens is 367 g/mol. The van der Waals surface area contributed by atoms with Crippen LogP contribution in [0.25, 0.3) is 0 Å². The molecule has 2 aromatic rings. The van der Waals surface area contributed by atoms with Crippen LogP contribution in [0.2, 0.25) is 0 Å². The highest BCUT2D eigenvalue weighted by atomic mass is 19.4. The minimum Gasteiger partial charge on any atom is -0.299 e. The van der Waals surface area contributed by atoms with Crippen LogP contribution in [0.5, 0.6) is 0 Å². The Morgan fingerprint density at radius 1 is 1.15 bits per heavy atom. The van der Waals surface area contributed by atoms with E-state index in [1.54, 1.807) is 0 Å². The molecule has 0 N–H and O–H groups in total. The van der Waals surface area contributed by atoms with Crippen molar-refractivity contribution in [2.24, 2.45) is 10.4 Å². The molecule has 0 bridgehead atoms. The number of aldehydes is 1. The smallest absolute Gasteiger partial charge is 0.299 e. The van der Waals surface area contributed by atoms with Gasteiger partial charge in [0, 0.05) is 12.1 Å². The Morgan fingerprint density at radius 2 is 1.85 bits per heavy atom. The molecule has 0 aromatic heterocycles. The van der Waals surface area contributed by atoms with Crippen molar-refractivity contribution in [3.8, 4) is 0 Å². The molecule has 1 atom stereocenters. The highest BCUT2D eigenvalue weighted by Crippen LogP contribution is 2.33. The lowest BCUT2D eigenvalue weighted by atomic mass is 10.2. The minimum atomic E-state index is -4.53. The van der Waals surface area contributed by atoms with Crippen LogP contribution >= 0.6 is 0 Å². The number of benzene rings is 2. The van der Waals surface area contributed by atoms with Crippen LogP contribution in [0.1, 0.15) is 11.1 Å². The first-order valence-electron chi connectivity index (χ1n) is 7.63. The molecule has 0 saturated heterocycles. The molecule has 0 radical (unpaired) electrons. The van der Waals surface area contributed by atoms with Gasteiger partial charge in [-0.05, 0) is 29.0 Å². The fourth-order valence-corrected chi connectivity index (χ4v) is 2.52. The van der Waals surface area contributed by atoms with Crippen molar-refractivity contribution in [1.29, 1.82) is 0 Å². The predicted octanol–water partition coefficient (Wildman–Crippen LogP) is 3.74. The van der Waals surface area contributed by atoms with E-state index in [-0.39, 0.29) is 17.9 Å². The molecule has 0 fully saturated rings. The molecule has 1 aliphatic heterocycles. The van der Waals surface area contributed by atoms with E-state index in [2.05, 4.69) is 10.4 Å². The van der Waals surface area contributed by atoms with E-state index >= 15 is 0 Å². The number of nitro groups is 1. The first-order chi connectivity index (χ1) is 12.8. The lowest BCUT2D eigenvalue weighted by molar-refractivity contribution is -0.384. The van der Waals surface area contributed by atoms with Gasteiger partial charge in [0.25, 0.3) is 5.69 Å². The Morgan fingerprint density at radius 3 is 2.44 bits per heavy atom. The second-order valence-corrected chi connectivity index (χ2v) is 5.64. The summed E-state index contributed by atoms with van der Waals surface area (Å²) in [6, 6.07) is 10.0. The normalized spacial score (nSPS) is 16.6. The Hall–Kier alpha value is -3.50. The van der Waals surface area contributed by atoms with Gasteiger partial charge in [0.1, 0.15) is 0 Å². The topological polar surface area (TPSA) is 91.4 Å². The summed E-state index contributed by atoms with van der Waals surface area (Å²) in [7, 11) is 0. The summed E-state index contributed by atoms with van der Waals surface area (Å²) < 4.78 is 38.7. The number of rotatable bonds is 5. The maximum atomic E-state index is 12.9. The molecule has 1 unspecified atom stereocenters. The molecule has 8 nitrogen and oxygen atoms in total. The van der Waals surface area contributed by atoms with Gasteiger partial charge in [0.15, 0.2) is 12.5 Å². The van der Waals surface area contributed by atoms with E-state index in [0.717, 1.165) is 17.1 Å². The fourth-order valence-electron chi connectivity index (χ4n) is 2.52. The van der Waals surface area contributed by atoms with Gasteiger partial charge in [0.2, 0.25) is 0 Å². The van der Waals surface area contributed by atoms with E-state index in [1.807, 2.05) is 0 Å². The zero-order valence-electron chi connectivity index (χ0n) is 13.6. The molecule has 0 amide bonds. The largest absolute Gasteiger partial charge is 0.416 e. The molecule has 0 aliphatic carbocycles. The standard InChI is InChI=1S/C16H12F3N5O3/c17-16(18,19)12-2-1-3-14(8-12)23-15(10-25)22(20-21-23)9-11-4-6-13(7-5-11)24(26)27/h1-8,10,15H,9H2.